The molecule has 0 aliphatic heterocycles. The third-order valence-electron chi connectivity index (χ3n) is 2.92. The van der Waals surface area contributed by atoms with Crippen LogP contribution in [0.4, 0.5) is 10.5 Å². The van der Waals surface area contributed by atoms with E-state index in [1.807, 2.05) is 46.8 Å². The molecule has 20 heavy (non-hydrogen) atoms. The van der Waals surface area contributed by atoms with Gasteiger partial charge in [-0.3, -0.25) is 9.88 Å². The van der Waals surface area contributed by atoms with Gasteiger partial charge in [0.1, 0.15) is 5.60 Å². The zero-order valence-corrected chi connectivity index (χ0v) is 13.0. The maximum absolute atomic E-state index is 12.4. The first-order chi connectivity index (χ1) is 9.28. The Morgan fingerprint density at radius 3 is 2.50 bits per heavy atom. The number of anilines is 1. The molecule has 0 aromatic carbocycles. The minimum absolute atomic E-state index is 0.0374. The summed E-state index contributed by atoms with van der Waals surface area (Å²) in [5, 5.41) is 0. The Kier molecular flexibility index (Phi) is 5.51. The number of rotatable bonds is 4. The average molecular weight is 279 g/mol. The van der Waals surface area contributed by atoms with Crippen LogP contribution in [0.25, 0.3) is 0 Å². The minimum Gasteiger partial charge on any atom is -0.443 e. The van der Waals surface area contributed by atoms with Gasteiger partial charge in [-0.2, -0.15) is 0 Å². The third-order valence-corrected chi connectivity index (χ3v) is 2.92. The molecule has 5 heteroatoms. The van der Waals surface area contributed by atoms with Crippen molar-refractivity contribution in [1.29, 1.82) is 0 Å². The number of hydrogen-bond donors (Lipinski definition) is 1. The highest BCUT2D eigenvalue weighted by Gasteiger charge is 2.26. The van der Waals surface area contributed by atoms with Gasteiger partial charge in [-0.05, 0) is 46.2 Å². The van der Waals surface area contributed by atoms with E-state index in [9.17, 15) is 4.79 Å². The average Bonchev–Trinajstić information content (AvgIpc) is 2.37. The van der Waals surface area contributed by atoms with E-state index in [2.05, 4.69) is 4.98 Å². The second kappa shape index (κ2) is 6.70. The molecule has 112 valence electrons. The lowest BCUT2D eigenvalue weighted by Gasteiger charge is -2.31. The zero-order chi connectivity index (χ0) is 15.3. The number of nitrogens with two attached hydrogens (primary N) is 1. The van der Waals surface area contributed by atoms with Gasteiger partial charge in [-0.25, -0.2) is 4.79 Å². The molecule has 0 aliphatic rings. The van der Waals surface area contributed by atoms with Gasteiger partial charge in [0.05, 0.1) is 17.6 Å². The highest BCUT2D eigenvalue weighted by molar-refractivity contribution is 5.88. The molecule has 0 bridgehead atoms. The summed E-state index contributed by atoms with van der Waals surface area (Å²) in [5.74, 6) is 0. The molecule has 1 aromatic rings. The van der Waals surface area contributed by atoms with E-state index in [-0.39, 0.29) is 12.1 Å². The molecule has 1 amide bonds. The van der Waals surface area contributed by atoms with Crippen molar-refractivity contribution in [2.24, 2.45) is 5.73 Å². The molecular weight excluding hydrogens is 254 g/mol. The molecule has 0 aliphatic carbocycles. The van der Waals surface area contributed by atoms with Crippen LogP contribution < -0.4 is 10.6 Å². The molecule has 0 fully saturated rings. The van der Waals surface area contributed by atoms with E-state index in [1.54, 1.807) is 11.1 Å². The highest BCUT2D eigenvalue weighted by atomic mass is 16.6. The smallest absolute Gasteiger partial charge is 0.415 e. The van der Waals surface area contributed by atoms with Crippen LogP contribution >= 0.6 is 0 Å². The summed E-state index contributed by atoms with van der Waals surface area (Å²) in [7, 11) is 0. The maximum Gasteiger partial charge on any atom is 0.415 e. The maximum atomic E-state index is 12.4. The van der Waals surface area contributed by atoms with E-state index in [4.69, 9.17) is 10.5 Å². The predicted octanol–water partition coefficient (Wildman–Crippen LogP) is 3.08. The summed E-state index contributed by atoms with van der Waals surface area (Å²) in [6, 6.07) is 3.72. The molecule has 1 aromatic heterocycles. The van der Waals surface area contributed by atoms with Crippen LogP contribution in [0.3, 0.4) is 0 Å². The van der Waals surface area contributed by atoms with Crippen LogP contribution in [0.5, 0.6) is 0 Å². The lowest BCUT2D eigenvalue weighted by Crippen LogP contribution is -2.42. The summed E-state index contributed by atoms with van der Waals surface area (Å²) in [6.07, 6.45) is 2.14. The van der Waals surface area contributed by atoms with Crippen molar-refractivity contribution in [2.45, 2.75) is 59.2 Å². The minimum atomic E-state index is -0.520. The number of pyridine rings is 1. The number of hydrogen-bond acceptors (Lipinski definition) is 4. The second-order valence-corrected chi connectivity index (χ2v) is 5.82. The fourth-order valence-electron chi connectivity index (χ4n) is 1.71. The molecule has 1 atom stereocenters. The van der Waals surface area contributed by atoms with Crippen LogP contribution in [-0.2, 0) is 11.3 Å². The lowest BCUT2D eigenvalue weighted by molar-refractivity contribution is 0.0567. The Morgan fingerprint density at radius 2 is 2.10 bits per heavy atom. The fourth-order valence-corrected chi connectivity index (χ4v) is 1.71. The Morgan fingerprint density at radius 1 is 1.45 bits per heavy atom. The lowest BCUT2D eigenvalue weighted by atomic mass is 10.2. The van der Waals surface area contributed by atoms with Crippen LogP contribution in [0.2, 0.25) is 0 Å². The third kappa shape index (κ3) is 4.49. The Hall–Kier alpha value is -1.62. The SMILES string of the molecule is CCC(C)N(C(=O)OC(C)(C)C)c1ccc(CN)nc1. The van der Waals surface area contributed by atoms with Crippen LogP contribution in [0, 0.1) is 0 Å². The van der Waals surface area contributed by atoms with E-state index >= 15 is 0 Å². The Bertz CT molecular complexity index is 437. The summed E-state index contributed by atoms with van der Waals surface area (Å²) in [6.45, 7) is 9.97. The first-order valence-corrected chi connectivity index (χ1v) is 6.95. The van der Waals surface area contributed by atoms with E-state index in [0.717, 1.165) is 17.8 Å². The normalized spacial score (nSPS) is 12.9. The number of aromatic nitrogens is 1. The molecule has 0 radical (unpaired) electrons. The molecule has 1 heterocycles. The first-order valence-electron chi connectivity index (χ1n) is 6.95. The largest absolute Gasteiger partial charge is 0.443 e. The van der Waals surface area contributed by atoms with Crippen molar-refractivity contribution in [3.63, 3.8) is 0 Å². The molecule has 2 N–H and O–H groups in total. The van der Waals surface area contributed by atoms with Gasteiger partial charge < -0.3 is 10.5 Å². The molecule has 1 rings (SSSR count). The summed E-state index contributed by atoms with van der Waals surface area (Å²) in [4.78, 5) is 18.2. The van der Waals surface area contributed by atoms with Crippen LogP contribution in [0.15, 0.2) is 18.3 Å². The first kappa shape index (κ1) is 16.4. The fraction of sp³-hybridized carbons (Fsp3) is 0.600. The number of nitrogens with zero attached hydrogens (tertiary/aromatic N) is 2. The second-order valence-electron chi connectivity index (χ2n) is 5.82. The molecule has 5 nitrogen and oxygen atoms in total. The monoisotopic (exact) mass is 279 g/mol. The predicted molar refractivity (Wildman–Crippen MR) is 80.6 cm³/mol. The van der Waals surface area contributed by atoms with Crippen molar-refractivity contribution >= 4 is 11.8 Å². The molecule has 0 spiro atoms. The van der Waals surface area contributed by atoms with Gasteiger partial charge in [0.2, 0.25) is 0 Å². The van der Waals surface area contributed by atoms with Crippen molar-refractivity contribution in [2.75, 3.05) is 4.90 Å². The molecule has 0 saturated carbocycles. The van der Waals surface area contributed by atoms with Crippen molar-refractivity contribution < 1.29 is 9.53 Å². The Labute approximate surface area is 121 Å². The highest BCUT2D eigenvalue weighted by Crippen LogP contribution is 2.21. The topological polar surface area (TPSA) is 68.5 Å². The van der Waals surface area contributed by atoms with Crippen molar-refractivity contribution in [1.82, 2.24) is 4.98 Å². The van der Waals surface area contributed by atoms with Gasteiger partial charge in [0.25, 0.3) is 0 Å². The molecule has 1 unspecified atom stereocenters. The van der Waals surface area contributed by atoms with Gasteiger partial charge in [-0.15, -0.1) is 0 Å². The van der Waals surface area contributed by atoms with Gasteiger partial charge in [0, 0.05) is 12.6 Å². The number of carbonyl (C=O) groups excluding carboxylic acids is 1. The van der Waals surface area contributed by atoms with Crippen LogP contribution in [-0.4, -0.2) is 22.7 Å². The van der Waals surface area contributed by atoms with Gasteiger partial charge in [-0.1, -0.05) is 6.92 Å². The van der Waals surface area contributed by atoms with Crippen LogP contribution in [0.1, 0.15) is 46.7 Å². The van der Waals surface area contributed by atoms with Crippen molar-refractivity contribution in [3.8, 4) is 0 Å². The summed E-state index contributed by atoms with van der Waals surface area (Å²) >= 11 is 0. The summed E-state index contributed by atoms with van der Waals surface area (Å²) in [5.41, 5.74) is 6.54. The van der Waals surface area contributed by atoms with Crippen molar-refractivity contribution in [3.05, 3.63) is 24.0 Å². The van der Waals surface area contributed by atoms with E-state index < -0.39 is 5.60 Å². The zero-order valence-electron chi connectivity index (χ0n) is 13.0. The summed E-state index contributed by atoms with van der Waals surface area (Å²) < 4.78 is 5.47. The number of ether oxygens (including phenoxy) is 1. The molecular formula is C15H25N3O2. The Balaban J connectivity index is 3.02. The van der Waals surface area contributed by atoms with Gasteiger partial charge >= 0.3 is 6.09 Å². The molecule has 0 saturated heterocycles. The van der Waals surface area contributed by atoms with Gasteiger partial charge in [0.15, 0.2) is 0 Å². The quantitative estimate of drug-likeness (QED) is 0.919. The number of carbonyl (C=O) groups is 1. The standard InChI is InChI=1S/C15H25N3O2/c1-6-11(2)18(14(19)20-15(3,4)5)13-8-7-12(9-16)17-10-13/h7-8,10-11H,6,9,16H2,1-5H3. The van der Waals surface area contributed by atoms with E-state index in [0.29, 0.717) is 6.54 Å². The van der Waals surface area contributed by atoms with E-state index in [1.165, 1.54) is 0 Å². The number of amides is 1.